The van der Waals surface area contributed by atoms with Crippen LogP contribution in [0.1, 0.15) is 32.0 Å². The molecule has 1 aromatic heterocycles. The molecule has 0 saturated heterocycles. The van der Waals surface area contributed by atoms with E-state index in [0.29, 0.717) is 11.4 Å². The van der Waals surface area contributed by atoms with E-state index >= 15 is 0 Å². The highest BCUT2D eigenvalue weighted by molar-refractivity contribution is 9.10. The van der Waals surface area contributed by atoms with Crippen molar-refractivity contribution < 1.29 is 0 Å². The summed E-state index contributed by atoms with van der Waals surface area (Å²) < 4.78 is 2.51. The molecule has 2 rings (SSSR count). The van der Waals surface area contributed by atoms with Gasteiger partial charge < -0.3 is 5.73 Å². The number of aromatic nitrogens is 2. The Labute approximate surface area is 121 Å². The first kappa shape index (κ1) is 13.6. The summed E-state index contributed by atoms with van der Waals surface area (Å²) in [5.41, 5.74) is 8.37. The lowest BCUT2D eigenvalue weighted by Gasteiger charge is -2.15. The molecule has 0 amide bonds. The molecule has 0 bridgehead atoms. The topological polar surface area (TPSA) is 67.6 Å². The van der Waals surface area contributed by atoms with E-state index in [1.807, 2.05) is 12.1 Å². The zero-order valence-corrected chi connectivity index (χ0v) is 12.7. The van der Waals surface area contributed by atoms with Crippen LogP contribution in [0.15, 0.2) is 28.7 Å². The van der Waals surface area contributed by atoms with Gasteiger partial charge in [0.25, 0.3) is 0 Å². The average Bonchev–Trinajstić information content (AvgIpc) is 2.66. The van der Waals surface area contributed by atoms with Crippen molar-refractivity contribution in [2.75, 3.05) is 5.73 Å². The molecule has 2 N–H and O–H groups in total. The third-order valence-electron chi connectivity index (χ3n) is 2.81. The summed E-state index contributed by atoms with van der Waals surface area (Å²) in [6.07, 6.45) is 0. The summed E-state index contributed by atoms with van der Waals surface area (Å²) in [5.74, 6) is 0.564. The van der Waals surface area contributed by atoms with Gasteiger partial charge in [0.15, 0.2) is 0 Å². The van der Waals surface area contributed by atoms with Gasteiger partial charge in [-0.1, -0.05) is 20.8 Å². The molecule has 0 atom stereocenters. The Hall–Kier alpha value is -1.80. The van der Waals surface area contributed by atoms with Crippen molar-refractivity contribution in [2.24, 2.45) is 0 Å². The second-order valence-corrected chi connectivity index (χ2v) is 6.16. The van der Waals surface area contributed by atoms with Crippen molar-refractivity contribution in [1.29, 1.82) is 5.26 Å². The maximum Gasteiger partial charge on any atom is 0.141 e. The van der Waals surface area contributed by atoms with Gasteiger partial charge >= 0.3 is 0 Å². The molecule has 0 unspecified atom stereocenters. The monoisotopic (exact) mass is 318 g/mol. The van der Waals surface area contributed by atoms with Crippen molar-refractivity contribution in [3.63, 3.8) is 0 Å². The molecule has 0 aliphatic heterocycles. The highest BCUT2D eigenvalue weighted by Crippen LogP contribution is 2.34. The standard InChI is InChI=1S/C14H15BrN4/c1-14(2,3)12-11(15)13(17)19(18-12)10-6-4-9(8-16)5-7-10/h4-7H,17H2,1-3H3. The van der Waals surface area contributed by atoms with Crippen molar-refractivity contribution in [1.82, 2.24) is 9.78 Å². The average molecular weight is 319 g/mol. The number of nitriles is 1. The van der Waals surface area contributed by atoms with Gasteiger partial charge in [0.1, 0.15) is 5.82 Å². The molecule has 0 aliphatic carbocycles. The molecule has 0 radical (unpaired) electrons. The van der Waals surface area contributed by atoms with E-state index in [1.165, 1.54) is 0 Å². The van der Waals surface area contributed by atoms with Gasteiger partial charge in [0.2, 0.25) is 0 Å². The van der Waals surface area contributed by atoms with Gasteiger partial charge in [0.05, 0.1) is 27.5 Å². The van der Waals surface area contributed by atoms with Gasteiger partial charge in [-0.2, -0.15) is 10.4 Å². The predicted octanol–water partition coefficient (Wildman–Crippen LogP) is 3.39. The number of nitrogens with two attached hydrogens (primary N) is 1. The molecule has 2 aromatic rings. The van der Waals surface area contributed by atoms with Gasteiger partial charge in [-0.05, 0) is 40.2 Å². The number of anilines is 1. The van der Waals surface area contributed by atoms with Crippen LogP contribution in [0, 0.1) is 11.3 Å². The van der Waals surface area contributed by atoms with Crippen LogP contribution in [-0.4, -0.2) is 9.78 Å². The lowest BCUT2D eigenvalue weighted by molar-refractivity contribution is 0.558. The van der Waals surface area contributed by atoms with Crippen molar-refractivity contribution in [3.8, 4) is 11.8 Å². The van der Waals surface area contributed by atoms with Crippen LogP contribution in [0.5, 0.6) is 0 Å². The minimum Gasteiger partial charge on any atom is -0.383 e. The largest absolute Gasteiger partial charge is 0.383 e. The minimum absolute atomic E-state index is 0.0925. The zero-order chi connectivity index (χ0) is 14.2. The number of halogens is 1. The first-order valence-electron chi connectivity index (χ1n) is 5.89. The summed E-state index contributed by atoms with van der Waals surface area (Å²) in [4.78, 5) is 0. The van der Waals surface area contributed by atoms with E-state index < -0.39 is 0 Å². The molecule has 0 spiro atoms. The molecular formula is C14H15BrN4. The second kappa shape index (κ2) is 4.71. The van der Waals surface area contributed by atoms with Crippen LogP contribution < -0.4 is 5.73 Å². The molecule has 0 aliphatic rings. The normalized spacial score (nSPS) is 11.3. The molecule has 0 saturated carbocycles. The first-order chi connectivity index (χ1) is 8.84. The smallest absolute Gasteiger partial charge is 0.141 e. The van der Waals surface area contributed by atoms with Crippen LogP contribution in [0.3, 0.4) is 0 Å². The lowest BCUT2D eigenvalue weighted by Crippen LogP contribution is -2.13. The SMILES string of the molecule is CC(C)(C)c1nn(-c2ccc(C#N)cc2)c(N)c1Br. The summed E-state index contributed by atoms with van der Waals surface area (Å²) in [6.45, 7) is 6.26. The van der Waals surface area contributed by atoms with Crippen LogP contribution in [-0.2, 0) is 5.41 Å². The number of hydrogen-bond acceptors (Lipinski definition) is 3. The summed E-state index contributed by atoms with van der Waals surface area (Å²) in [7, 11) is 0. The molecule has 1 aromatic carbocycles. The Morgan fingerprint density at radius 1 is 1.26 bits per heavy atom. The molecular weight excluding hydrogens is 304 g/mol. The van der Waals surface area contributed by atoms with Crippen molar-refractivity contribution in [3.05, 3.63) is 40.0 Å². The van der Waals surface area contributed by atoms with Crippen molar-refractivity contribution >= 4 is 21.7 Å². The number of nitrogens with zero attached hydrogens (tertiary/aromatic N) is 3. The first-order valence-corrected chi connectivity index (χ1v) is 6.69. The Bertz CT molecular complexity index is 642. The fourth-order valence-electron chi connectivity index (χ4n) is 1.77. The van der Waals surface area contributed by atoms with Crippen molar-refractivity contribution in [2.45, 2.75) is 26.2 Å². The Morgan fingerprint density at radius 2 is 1.84 bits per heavy atom. The Balaban J connectivity index is 2.54. The van der Waals surface area contributed by atoms with E-state index in [4.69, 9.17) is 11.0 Å². The fraction of sp³-hybridized carbons (Fsp3) is 0.286. The highest BCUT2D eigenvalue weighted by Gasteiger charge is 2.24. The number of hydrogen-bond donors (Lipinski definition) is 1. The number of rotatable bonds is 1. The number of nitrogen functional groups attached to an aromatic ring is 1. The molecule has 4 nitrogen and oxygen atoms in total. The van der Waals surface area contributed by atoms with Crippen LogP contribution in [0.2, 0.25) is 0 Å². The maximum absolute atomic E-state index is 8.80. The molecule has 98 valence electrons. The summed E-state index contributed by atoms with van der Waals surface area (Å²) in [6, 6.07) is 9.26. The molecule has 1 heterocycles. The fourth-order valence-corrected chi connectivity index (χ4v) is 2.61. The van der Waals surface area contributed by atoms with Crippen LogP contribution in [0.4, 0.5) is 5.82 Å². The van der Waals surface area contributed by atoms with E-state index in [9.17, 15) is 0 Å². The minimum atomic E-state index is -0.0925. The van der Waals surface area contributed by atoms with E-state index in [1.54, 1.807) is 16.8 Å². The Kier molecular flexibility index (Phi) is 3.38. The number of benzene rings is 1. The third-order valence-corrected chi connectivity index (χ3v) is 3.59. The maximum atomic E-state index is 8.80. The van der Waals surface area contributed by atoms with E-state index in [-0.39, 0.29) is 5.41 Å². The molecule has 19 heavy (non-hydrogen) atoms. The third kappa shape index (κ3) is 2.49. The van der Waals surface area contributed by atoms with E-state index in [2.05, 4.69) is 47.9 Å². The van der Waals surface area contributed by atoms with Gasteiger partial charge in [-0.25, -0.2) is 4.68 Å². The summed E-state index contributed by atoms with van der Waals surface area (Å²) >= 11 is 3.50. The van der Waals surface area contributed by atoms with Crippen LogP contribution >= 0.6 is 15.9 Å². The van der Waals surface area contributed by atoms with E-state index in [0.717, 1.165) is 15.9 Å². The van der Waals surface area contributed by atoms with Gasteiger partial charge in [-0.15, -0.1) is 0 Å². The molecule has 0 fully saturated rings. The van der Waals surface area contributed by atoms with Gasteiger partial charge in [0, 0.05) is 5.41 Å². The predicted molar refractivity (Wildman–Crippen MR) is 79.1 cm³/mol. The quantitative estimate of drug-likeness (QED) is 0.876. The van der Waals surface area contributed by atoms with Crippen LogP contribution in [0.25, 0.3) is 5.69 Å². The zero-order valence-electron chi connectivity index (χ0n) is 11.1. The summed E-state index contributed by atoms with van der Waals surface area (Å²) in [5, 5.41) is 13.4. The highest BCUT2D eigenvalue weighted by atomic mass is 79.9. The van der Waals surface area contributed by atoms with Gasteiger partial charge in [-0.3, -0.25) is 0 Å². The Morgan fingerprint density at radius 3 is 2.26 bits per heavy atom. The lowest BCUT2D eigenvalue weighted by atomic mass is 9.92. The second-order valence-electron chi connectivity index (χ2n) is 5.37. The molecule has 5 heteroatoms.